The van der Waals surface area contributed by atoms with Crippen LogP contribution in [0.1, 0.15) is 30.0 Å². The lowest BCUT2D eigenvalue weighted by molar-refractivity contribution is -0.0327. The molecule has 0 bridgehead atoms. The highest BCUT2D eigenvalue weighted by atomic mass is 32.2. The Morgan fingerprint density at radius 2 is 2.05 bits per heavy atom. The minimum absolute atomic E-state index is 0.0825. The van der Waals surface area contributed by atoms with Gasteiger partial charge in [0.15, 0.2) is 0 Å². The van der Waals surface area contributed by atoms with E-state index in [1.54, 1.807) is 20.8 Å². The number of aryl methyl sites for hydroxylation is 2. The molecule has 0 aromatic carbocycles. The van der Waals surface area contributed by atoms with Gasteiger partial charge in [-0.1, -0.05) is 0 Å². The summed E-state index contributed by atoms with van der Waals surface area (Å²) in [5, 5.41) is 2.89. The number of halogens is 3. The van der Waals surface area contributed by atoms with Crippen molar-refractivity contribution in [1.29, 1.82) is 0 Å². The van der Waals surface area contributed by atoms with E-state index < -0.39 is 5.51 Å². The van der Waals surface area contributed by atoms with Crippen LogP contribution in [0.3, 0.4) is 0 Å². The third-order valence-corrected chi connectivity index (χ3v) is 3.25. The van der Waals surface area contributed by atoms with Crippen LogP contribution >= 0.6 is 11.8 Å². The minimum atomic E-state index is -4.22. The zero-order chi connectivity index (χ0) is 14.6. The van der Waals surface area contributed by atoms with Gasteiger partial charge in [0.25, 0.3) is 5.56 Å². The fourth-order valence-electron chi connectivity index (χ4n) is 1.79. The number of hydrogen-bond donors (Lipinski definition) is 2. The summed E-state index contributed by atoms with van der Waals surface area (Å²) in [5.74, 6) is 0.426. The Hall–Kier alpha value is -1.02. The average molecular weight is 295 g/mol. The topological polar surface area (TPSA) is 57.8 Å². The third-order valence-electron chi connectivity index (χ3n) is 2.52. The second kappa shape index (κ2) is 6.42. The Bertz CT molecular complexity index is 487. The highest BCUT2D eigenvalue weighted by molar-refractivity contribution is 8.00. The minimum Gasteiger partial charge on any atom is -0.310 e. The molecule has 0 fully saturated rings. The van der Waals surface area contributed by atoms with E-state index in [1.165, 1.54) is 0 Å². The average Bonchev–Trinajstić information content (AvgIpc) is 2.21. The summed E-state index contributed by atoms with van der Waals surface area (Å²) in [5.41, 5.74) is -3.43. The molecule has 0 spiro atoms. The zero-order valence-electron chi connectivity index (χ0n) is 10.9. The number of thioether (sulfide) groups is 1. The van der Waals surface area contributed by atoms with Crippen LogP contribution in [-0.4, -0.2) is 27.8 Å². The predicted molar refractivity (Wildman–Crippen MR) is 69.3 cm³/mol. The maximum absolute atomic E-state index is 11.9. The molecule has 0 aliphatic rings. The molecule has 1 atom stereocenters. The number of nitrogens with one attached hydrogen (secondary N) is 2. The molecule has 4 nitrogen and oxygen atoms in total. The lowest BCUT2D eigenvalue weighted by atomic mass is 10.1. The number of aromatic nitrogens is 2. The van der Waals surface area contributed by atoms with E-state index in [-0.39, 0.29) is 35.7 Å². The Morgan fingerprint density at radius 1 is 1.42 bits per heavy atom. The summed E-state index contributed by atoms with van der Waals surface area (Å²) in [6.07, 6.45) is 0. The first kappa shape index (κ1) is 16.0. The molecule has 0 aliphatic heterocycles. The van der Waals surface area contributed by atoms with Gasteiger partial charge in [-0.3, -0.25) is 4.79 Å². The molecular weight excluding hydrogens is 279 g/mol. The molecule has 108 valence electrons. The molecule has 1 heterocycles. The molecule has 0 aliphatic carbocycles. The molecule has 1 aromatic rings. The van der Waals surface area contributed by atoms with Crippen molar-refractivity contribution in [2.45, 2.75) is 32.3 Å². The lowest BCUT2D eigenvalue weighted by Gasteiger charge is -2.15. The van der Waals surface area contributed by atoms with Crippen molar-refractivity contribution < 1.29 is 13.2 Å². The van der Waals surface area contributed by atoms with Gasteiger partial charge in [-0.25, -0.2) is 4.98 Å². The quantitative estimate of drug-likeness (QED) is 0.818. The molecule has 1 aromatic heterocycles. The van der Waals surface area contributed by atoms with E-state index in [1.807, 2.05) is 0 Å². The number of aromatic amines is 1. The van der Waals surface area contributed by atoms with Gasteiger partial charge in [-0.2, -0.15) is 13.2 Å². The Labute approximate surface area is 113 Å². The smallest absolute Gasteiger partial charge is 0.310 e. The van der Waals surface area contributed by atoms with E-state index in [0.717, 1.165) is 0 Å². The van der Waals surface area contributed by atoms with Crippen LogP contribution in [0.2, 0.25) is 0 Å². The van der Waals surface area contributed by atoms with Crippen molar-refractivity contribution in [3.63, 3.8) is 0 Å². The van der Waals surface area contributed by atoms with E-state index >= 15 is 0 Å². The Morgan fingerprint density at radius 3 is 2.58 bits per heavy atom. The molecule has 1 unspecified atom stereocenters. The monoisotopic (exact) mass is 295 g/mol. The summed E-state index contributed by atoms with van der Waals surface area (Å²) >= 11 is -0.0825. The van der Waals surface area contributed by atoms with E-state index in [4.69, 9.17) is 0 Å². The van der Waals surface area contributed by atoms with Gasteiger partial charge in [0, 0.05) is 24.0 Å². The number of rotatable bonds is 5. The summed E-state index contributed by atoms with van der Waals surface area (Å²) in [4.78, 5) is 18.5. The summed E-state index contributed by atoms with van der Waals surface area (Å²) in [7, 11) is 0. The SMILES string of the molecule is Cc1nc(C)c(C(C)NCCSC(F)(F)F)c(=O)[nH]1. The molecular formula is C11H16F3N3OS. The summed E-state index contributed by atoms with van der Waals surface area (Å²) < 4.78 is 35.8. The highest BCUT2D eigenvalue weighted by Gasteiger charge is 2.27. The van der Waals surface area contributed by atoms with Crippen LogP contribution in [0.4, 0.5) is 13.2 Å². The normalized spacial score (nSPS) is 13.6. The third kappa shape index (κ3) is 5.23. The largest absolute Gasteiger partial charge is 0.441 e. The predicted octanol–water partition coefficient (Wildman–Crippen LogP) is 2.29. The molecule has 2 N–H and O–H groups in total. The fourth-order valence-corrected chi connectivity index (χ4v) is 2.24. The maximum Gasteiger partial charge on any atom is 0.441 e. The van der Waals surface area contributed by atoms with Gasteiger partial charge in [-0.15, -0.1) is 0 Å². The standard InChI is InChI=1S/C11H16F3N3OS/c1-6(15-4-5-19-11(12,13)14)9-7(2)16-8(3)17-10(9)18/h6,15H,4-5H2,1-3H3,(H,16,17,18). The van der Waals surface area contributed by atoms with Gasteiger partial charge in [0.1, 0.15) is 5.82 Å². The molecule has 0 saturated carbocycles. The van der Waals surface area contributed by atoms with E-state index in [9.17, 15) is 18.0 Å². The first-order chi connectivity index (χ1) is 8.70. The van der Waals surface area contributed by atoms with Crippen LogP contribution in [0.25, 0.3) is 0 Å². The highest BCUT2D eigenvalue weighted by Crippen LogP contribution is 2.29. The molecule has 8 heteroatoms. The van der Waals surface area contributed by atoms with Crippen molar-refractivity contribution >= 4 is 11.8 Å². The van der Waals surface area contributed by atoms with Crippen LogP contribution in [0.15, 0.2) is 4.79 Å². The van der Waals surface area contributed by atoms with Gasteiger partial charge < -0.3 is 10.3 Å². The van der Waals surface area contributed by atoms with Crippen molar-refractivity contribution in [1.82, 2.24) is 15.3 Å². The Balaban J connectivity index is 2.60. The van der Waals surface area contributed by atoms with E-state index in [2.05, 4.69) is 15.3 Å². The molecule has 1 rings (SSSR count). The maximum atomic E-state index is 11.9. The summed E-state index contributed by atoms with van der Waals surface area (Å²) in [6, 6.07) is -0.342. The van der Waals surface area contributed by atoms with Crippen molar-refractivity contribution in [3.05, 3.63) is 27.4 Å². The van der Waals surface area contributed by atoms with Crippen LogP contribution < -0.4 is 10.9 Å². The first-order valence-corrected chi connectivity index (χ1v) is 6.70. The Kier molecular flexibility index (Phi) is 5.42. The van der Waals surface area contributed by atoms with Crippen LogP contribution in [0, 0.1) is 13.8 Å². The number of H-pyrrole nitrogens is 1. The van der Waals surface area contributed by atoms with Gasteiger partial charge in [0.2, 0.25) is 0 Å². The lowest BCUT2D eigenvalue weighted by Crippen LogP contribution is -2.29. The van der Waals surface area contributed by atoms with Gasteiger partial charge in [-0.05, 0) is 32.5 Å². The van der Waals surface area contributed by atoms with Crippen LogP contribution in [-0.2, 0) is 0 Å². The fraction of sp³-hybridized carbons (Fsp3) is 0.636. The van der Waals surface area contributed by atoms with Crippen molar-refractivity contribution in [2.24, 2.45) is 0 Å². The second-order valence-electron chi connectivity index (χ2n) is 4.12. The molecule has 0 amide bonds. The number of nitrogens with zero attached hydrogens (tertiary/aromatic N) is 1. The molecule has 0 saturated heterocycles. The summed E-state index contributed by atoms with van der Waals surface area (Å²) in [6.45, 7) is 5.28. The second-order valence-corrected chi connectivity index (χ2v) is 5.28. The van der Waals surface area contributed by atoms with Gasteiger partial charge in [0.05, 0.1) is 5.56 Å². The number of alkyl halides is 3. The van der Waals surface area contributed by atoms with E-state index in [0.29, 0.717) is 17.1 Å². The first-order valence-electron chi connectivity index (χ1n) is 5.72. The van der Waals surface area contributed by atoms with Gasteiger partial charge >= 0.3 is 5.51 Å². The molecule has 0 radical (unpaired) electrons. The van der Waals surface area contributed by atoms with Crippen molar-refractivity contribution in [2.75, 3.05) is 12.3 Å². The molecule has 19 heavy (non-hydrogen) atoms. The van der Waals surface area contributed by atoms with Crippen molar-refractivity contribution in [3.8, 4) is 0 Å². The van der Waals surface area contributed by atoms with Crippen LogP contribution in [0.5, 0.6) is 0 Å². The number of hydrogen-bond acceptors (Lipinski definition) is 4. The zero-order valence-corrected chi connectivity index (χ0v) is 11.7.